The van der Waals surface area contributed by atoms with E-state index < -0.39 is 0 Å². The summed E-state index contributed by atoms with van der Waals surface area (Å²) < 4.78 is 0. The third-order valence-electron chi connectivity index (χ3n) is 5.50. The first-order valence-electron chi connectivity index (χ1n) is 9.21. The first-order valence-corrected chi connectivity index (χ1v) is 10.1. The van der Waals surface area contributed by atoms with Crippen LogP contribution in [-0.2, 0) is 16.1 Å². The van der Waals surface area contributed by atoms with Gasteiger partial charge < -0.3 is 10.2 Å². The van der Waals surface area contributed by atoms with Gasteiger partial charge in [-0.05, 0) is 38.5 Å². The van der Waals surface area contributed by atoms with E-state index in [4.69, 9.17) is 4.98 Å². The van der Waals surface area contributed by atoms with Crippen LogP contribution in [0, 0.1) is 11.8 Å². The Morgan fingerprint density at radius 3 is 2.71 bits per heavy atom. The lowest BCUT2D eigenvalue weighted by molar-refractivity contribution is -0.133. The number of thiazole rings is 1. The van der Waals surface area contributed by atoms with Crippen molar-refractivity contribution < 1.29 is 9.59 Å². The van der Waals surface area contributed by atoms with Crippen LogP contribution in [0.4, 0.5) is 0 Å². The van der Waals surface area contributed by atoms with Crippen LogP contribution in [0.25, 0.3) is 0 Å². The van der Waals surface area contributed by atoms with E-state index in [1.807, 2.05) is 4.90 Å². The van der Waals surface area contributed by atoms with E-state index in [0.29, 0.717) is 24.3 Å². The van der Waals surface area contributed by atoms with Gasteiger partial charge in [0.15, 0.2) is 0 Å². The van der Waals surface area contributed by atoms with Gasteiger partial charge in [-0.25, -0.2) is 4.98 Å². The lowest BCUT2D eigenvalue weighted by Crippen LogP contribution is -2.39. The summed E-state index contributed by atoms with van der Waals surface area (Å²) in [4.78, 5) is 31.0. The summed E-state index contributed by atoms with van der Waals surface area (Å²) in [6, 6.07) is 0. The van der Waals surface area contributed by atoms with Gasteiger partial charge in [0.05, 0.1) is 17.2 Å². The summed E-state index contributed by atoms with van der Waals surface area (Å²) in [6.45, 7) is 2.25. The molecule has 2 heterocycles. The molecule has 0 bridgehead atoms. The number of likely N-dealkylation sites (tertiary alicyclic amines) is 1. The molecule has 1 aliphatic heterocycles. The first kappa shape index (κ1) is 16.1. The Labute approximate surface area is 146 Å². The van der Waals surface area contributed by atoms with Crippen LogP contribution >= 0.6 is 11.3 Å². The molecule has 2 amide bonds. The van der Waals surface area contributed by atoms with Crippen LogP contribution in [-0.4, -0.2) is 34.8 Å². The maximum atomic E-state index is 12.3. The molecular formula is C18H25N3O2S. The van der Waals surface area contributed by atoms with Gasteiger partial charge in [-0.1, -0.05) is 6.42 Å². The highest BCUT2D eigenvalue weighted by Crippen LogP contribution is 2.35. The molecular weight excluding hydrogens is 322 g/mol. The highest BCUT2D eigenvalue weighted by Gasteiger charge is 2.36. The average molecular weight is 347 g/mol. The minimum Gasteiger partial charge on any atom is -0.350 e. The molecule has 0 radical (unpaired) electrons. The molecule has 2 saturated carbocycles. The topological polar surface area (TPSA) is 62.3 Å². The Kier molecular flexibility index (Phi) is 4.57. The predicted octanol–water partition coefficient (Wildman–Crippen LogP) is 2.68. The zero-order valence-corrected chi connectivity index (χ0v) is 14.8. The van der Waals surface area contributed by atoms with E-state index in [-0.39, 0.29) is 11.8 Å². The average Bonchev–Trinajstić information content (AvgIpc) is 3.29. The zero-order valence-electron chi connectivity index (χ0n) is 14.0. The standard InChI is InChI=1S/C18H25N3O2S/c22-16(12-3-1-4-12)19-9-15-11-24-17(20-15)14-5-2-8-21(10-14)18(23)13-6-7-13/h11-14H,1-10H2,(H,19,22)/t14-/m1/s1. The molecule has 24 heavy (non-hydrogen) atoms. The lowest BCUT2D eigenvalue weighted by Gasteiger charge is -2.32. The van der Waals surface area contributed by atoms with Gasteiger partial charge in [0.1, 0.15) is 0 Å². The van der Waals surface area contributed by atoms with Crippen molar-refractivity contribution in [2.45, 2.75) is 57.4 Å². The molecule has 3 fully saturated rings. The van der Waals surface area contributed by atoms with Gasteiger partial charge in [0.2, 0.25) is 11.8 Å². The molecule has 130 valence electrons. The Bertz CT molecular complexity index is 622. The number of hydrogen-bond donors (Lipinski definition) is 1. The molecule has 0 spiro atoms. The largest absolute Gasteiger partial charge is 0.350 e. The molecule has 1 aromatic heterocycles. The van der Waals surface area contributed by atoms with Crippen LogP contribution < -0.4 is 5.32 Å². The minimum absolute atomic E-state index is 0.176. The van der Waals surface area contributed by atoms with Crippen LogP contribution in [0.3, 0.4) is 0 Å². The summed E-state index contributed by atoms with van der Waals surface area (Å²) >= 11 is 1.67. The monoisotopic (exact) mass is 347 g/mol. The van der Waals surface area contributed by atoms with E-state index in [9.17, 15) is 9.59 Å². The van der Waals surface area contributed by atoms with Crippen molar-refractivity contribution in [1.82, 2.24) is 15.2 Å². The maximum absolute atomic E-state index is 12.3. The summed E-state index contributed by atoms with van der Waals surface area (Å²) in [5, 5.41) is 6.18. The summed E-state index contributed by atoms with van der Waals surface area (Å²) in [7, 11) is 0. The molecule has 1 saturated heterocycles. The number of piperidine rings is 1. The van der Waals surface area contributed by atoms with Gasteiger partial charge in [-0.2, -0.15) is 0 Å². The van der Waals surface area contributed by atoms with Crippen molar-refractivity contribution in [3.8, 4) is 0 Å². The first-order chi connectivity index (χ1) is 11.7. The Hall–Kier alpha value is -1.43. The number of carbonyl (C=O) groups is 2. The van der Waals surface area contributed by atoms with Crippen molar-refractivity contribution >= 4 is 23.2 Å². The minimum atomic E-state index is 0.176. The second-order valence-electron chi connectivity index (χ2n) is 7.42. The van der Waals surface area contributed by atoms with Crippen molar-refractivity contribution in [2.75, 3.05) is 13.1 Å². The van der Waals surface area contributed by atoms with Crippen molar-refractivity contribution in [3.05, 3.63) is 16.1 Å². The van der Waals surface area contributed by atoms with Crippen molar-refractivity contribution in [3.63, 3.8) is 0 Å². The van der Waals surface area contributed by atoms with Crippen LogP contribution in [0.5, 0.6) is 0 Å². The third-order valence-corrected chi connectivity index (χ3v) is 6.55. The predicted molar refractivity (Wildman–Crippen MR) is 92.6 cm³/mol. The number of aromatic nitrogens is 1. The van der Waals surface area contributed by atoms with Gasteiger partial charge in [-0.15, -0.1) is 11.3 Å². The normalized spacial score (nSPS) is 24.5. The fourth-order valence-electron chi connectivity index (χ4n) is 3.55. The molecule has 1 N–H and O–H groups in total. The molecule has 5 nitrogen and oxygen atoms in total. The third kappa shape index (κ3) is 3.48. The van der Waals surface area contributed by atoms with Gasteiger partial charge in [0, 0.05) is 36.2 Å². The number of rotatable bonds is 5. The highest BCUT2D eigenvalue weighted by molar-refractivity contribution is 7.09. The number of nitrogens with one attached hydrogen (secondary N) is 1. The van der Waals surface area contributed by atoms with Crippen LogP contribution in [0.2, 0.25) is 0 Å². The number of hydrogen-bond acceptors (Lipinski definition) is 4. The van der Waals surface area contributed by atoms with E-state index >= 15 is 0 Å². The smallest absolute Gasteiger partial charge is 0.225 e. The molecule has 3 aliphatic rings. The Morgan fingerprint density at radius 2 is 2.00 bits per heavy atom. The fraction of sp³-hybridized carbons (Fsp3) is 0.722. The highest BCUT2D eigenvalue weighted by atomic mass is 32.1. The van der Waals surface area contributed by atoms with Crippen molar-refractivity contribution in [2.24, 2.45) is 11.8 Å². The molecule has 2 aliphatic carbocycles. The Balaban J connectivity index is 1.31. The molecule has 1 atom stereocenters. The lowest BCUT2D eigenvalue weighted by atomic mass is 9.85. The molecule has 4 rings (SSSR count). The van der Waals surface area contributed by atoms with E-state index in [1.54, 1.807) is 11.3 Å². The summed E-state index contributed by atoms with van der Waals surface area (Å²) in [5.74, 6) is 1.42. The van der Waals surface area contributed by atoms with Gasteiger partial charge in [0.25, 0.3) is 0 Å². The SMILES string of the molecule is O=C(NCc1csc([C@@H]2CCCN(C(=O)C3CC3)C2)n1)C1CCC1. The number of carbonyl (C=O) groups excluding carboxylic acids is 2. The van der Waals surface area contributed by atoms with Crippen LogP contribution in [0.1, 0.15) is 61.6 Å². The number of amides is 2. The molecule has 6 heteroatoms. The molecule has 0 unspecified atom stereocenters. The van der Waals surface area contributed by atoms with Gasteiger partial charge in [-0.3, -0.25) is 9.59 Å². The number of nitrogens with zero attached hydrogens (tertiary/aromatic N) is 2. The van der Waals surface area contributed by atoms with E-state index in [0.717, 1.165) is 62.3 Å². The fourth-order valence-corrected chi connectivity index (χ4v) is 4.50. The second-order valence-corrected chi connectivity index (χ2v) is 8.31. The maximum Gasteiger partial charge on any atom is 0.225 e. The Morgan fingerprint density at radius 1 is 1.17 bits per heavy atom. The quantitative estimate of drug-likeness (QED) is 0.891. The second kappa shape index (κ2) is 6.82. The molecule has 1 aromatic rings. The van der Waals surface area contributed by atoms with E-state index in [2.05, 4.69) is 10.7 Å². The molecule has 0 aromatic carbocycles. The van der Waals surface area contributed by atoms with Gasteiger partial charge >= 0.3 is 0 Å². The summed E-state index contributed by atoms with van der Waals surface area (Å²) in [6.07, 6.45) is 7.55. The summed E-state index contributed by atoms with van der Waals surface area (Å²) in [5.41, 5.74) is 0.952. The van der Waals surface area contributed by atoms with Crippen LogP contribution in [0.15, 0.2) is 5.38 Å². The van der Waals surface area contributed by atoms with E-state index in [1.165, 1.54) is 6.42 Å². The van der Waals surface area contributed by atoms with Crippen molar-refractivity contribution in [1.29, 1.82) is 0 Å². The zero-order chi connectivity index (χ0) is 16.5.